The summed E-state index contributed by atoms with van der Waals surface area (Å²) in [6, 6.07) is 8.73. The molecule has 4 rings (SSSR count). The Morgan fingerprint density at radius 3 is 2.75 bits per heavy atom. The first-order valence-electron chi connectivity index (χ1n) is 7.32. The Bertz CT molecular complexity index is 580. The lowest BCUT2D eigenvalue weighted by atomic mass is 9.97. The molecule has 4 atom stereocenters. The average molecular weight is 332 g/mol. The molecule has 3 fully saturated rings. The second kappa shape index (κ2) is 4.50. The molecule has 3 aliphatic rings. The Kier molecular flexibility index (Phi) is 2.86. The molecule has 2 saturated carbocycles. The normalized spacial score (nSPS) is 37.5. The van der Waals surface area contributed by atoms with E-state index in [1.807, 2.05) is 24.3 Å². The molecule has 4 unspecified atom stereocenters. The molecule has 20 heavy (non-hydrogen) atoms. The van der Waals surface area contributed by atoms with Gasteiger partial charge in [0.25, 0.3) is 0 Å². The average Bonchev–Trinajstić information content (AvgIpc) is 2.82. The number of fused-ring (bicyclic) bond motifs is 3. The molecule has 0 aromatic heterocycles. The lowest BCUT2D eigenvalue weighted by Crippen LogP contribution is -2.39. The molecule has 2 N–H and O–H groups in total. The van der Waals surface area contributed by atoms with Gasteiger partial charge in [0.1, 0.15) is 6.04 Å². The largest absolute Gasteiger partial charge is 0.310 e. The molecule has 1 aromatic carbocycles. The van der Waals surface area contributed by atoms with Crippen LogP contribution in [0.1, 0.15) is 37.3 Å². The molecule has 1 aliphatic heterocycles. The quantitative estimate of drug-likeness (QED) is 0.818. The van der Waals surface area contributed by atoms with Crippen LogP contribution in [0.3, 0.4) is 0 Å². The third-order valence-corrected chi connectivity index (χ3v) is 5.62. The number of hydrogen-bond acceptors (Lipinski definition) is 3. The summed E-state index contributed by atoms with van der Waals surface area (Å²) in [4.78, 5) is 4.86. The van der Waals surface area contributed by atoms with E-state index in [9.17, 15) is 0 Å². The fourth-order valence-electron chi connectivity index (χ4n) is 3.97. The van der Waals surface area contributed by atoms with E-state index >= 15 is 0 Å². The van der Waals surface area contributed by atoms with Crippen molar-refractivity contribution in [3.63, 3.8) is 0 Å². The van der Waals surface area contributed by atoms with Crippen molar-refractivity contribution in [2.45, 2.75) is 43.3 Å². The van der Waals surface area contributed by atoms with E-state index in [2.05, 4.69) is 21.2 Å². The summed E-state index contributed by atoms with van der Waals surface area (Å²) in [5.41, 5.74) is 2.61. The molecule has 104 valence electrons. The van der Waals surface area contributed by atoms with Crippen molar-refractivity contribution in [2.24, 2.45) is 10.9 Å². The molecule has 4 heteroatoms. The first kappa shape index (κ1) is 12.7. The van der Waals surface area contributed by atoms with E-state index in [0.29, 0.717) is 0 Å². The second-order valence-corrected chi connectivity index (χ2v) is 7.15. The summed E-state index contributed by atoms with van der Waals surface area (Å²) < 4.78 is 1.07. The van der Waals surface area contributed by atoms with E-state index in [1.54, 1.807) is 0 Å². The third kappa shape index (κ3) is 1.89. The zero-order chi connectivity index (χ0) is 13.7. The van der Waals surface area contributed by atoms with Crippen molar-refractivity contribution in [2.75, 3.05) is 0 Å². The van der Waals surface area contributed by atoms with Gasteiger partial charge in [-0.25, -0.2) is 0 Å². The molecule has 2 aliphatic carbocycles. The Hall–Kier alpha value is -1.00. The van der Waals surface area contributed by atoms with Gasteiger partial charge in [-0.3, -0.25) is 4.99 Å². The number of rotatable bonds is 3. The minimum Gasteiger partial charge on any atom is -0.310 e. The topological polar surface area (TPSA) is 48.2 Å². The maximum Gasteiger partial charge on any atom is 0.109 e. The van der Waals surface area contributed by atoms with Gasteiger partial charge in [-0.2, -0.15) is 0 Å². The molecule has 3 nitrogen and oxygen atoms in total. The van der Waals surface area contributed by atoms with Gasteiger partial charge >= 0.3 is 0 Å². The molecule has 2 bridgehead atoms. The molecule has 1 aromatic rings. The summed E-state index contributed by atoms with van der Waals surface area (Å²) in [6.07, 6.45) is 6.56. The van der Waals surface area contributed by atoms with Crippen LogP contribution in [0, 0.1) is 11.3 Å². The van der Waals surface area contributed by atoms with Crippen LogP contribution in [0.5, 0.6) is 0 Å². The van der Waals surface area contributed by atoms with Gasteiger partial charge in [0.05, 0.1) is 5.54 Å². The van der Waals surface area contributed by atoms with E-state index in [1.165, 1.54) is 31.2 Å². The summed E-state index contributed by atoms with van der Waals surface area (Å²) in [6.45, 7) is 0. The van der Waals surface area contributed by atoms with Crippen LogP contribution in [0.25, 0.3) is 0 Å². The minimum absolute atomic E-state index is 0.126. The number of nitrogens with zero attached hydrogens (tertiary/aromatic N) is 1. The van der Waals surface area contributed by atoms with Gasteiger partial charge in [0, 0.05) is 28.9 Å². The summed E-state index contributed by atoms with van der Waals surface area (Å²) in [7, 11) is 0. The predicted molar refractivity (Wildman–Crippen MR) is 84.7 cm³/mol. The molecule has 1 saturated heterocycles. The van der Waals surface area contributed by atoms with Crippen molar-refractivity contribution in [3.05, 3.63) is 34.3 Å². The van der Waals surface area contributed by atoms with Crippen molar-refractivity contribution in [1.82, 2.24) is 5.32 Å². The summed E-state index contributed by atoms with van der Waals surface area (Å²) in [5.74, 6) is 0.794. The van der Waals surface area contributed by atoms with E-state index in [-0.39, 0.29) is 11.6 Å². The highest BCUT2D eigenvalue weighted by molar-refractivity contribution is 9.10. The minimum atomic E-state index is -0.126. The van der Waals surface area contributed by atoms with Crippen LogP contribution >= 0.6 is 15.9 Å². The van der Waals surface area contributed by atoms with Crippen LogP contribution in [0.4, 0.5) is 0 Å². The molecule has 1 heterocycles. The Morgan fingerprint density at radius 2 is 2.15 bits per heavy atom. The highest BCUT2D eigenvalue weighted by Gasteiger charge is 2.63. The van der Waals surface area contributed by atoms with Gasteiger partial charge in [0.2, 0.25) is 0 Å². The van der Waals surface area contributed by atoms with Crippen molar-refractivity contribution < 1.29 is 0 Å². The van der Waals surface area contributed by atoms with Crippen molar-refractivity contribution >= 4 is 27.9 Å². The predicted octanol–water partition coefficient (Wildman–Crippen LogP) is 3.50. The van der Waals surface area contributed by atoms with E-state index in [4.69, 9.17) is 10.4 Å². The van der Waals surface area contributed by atoms with E-state index < -0.39 is 0 Å². The van der Waals surface area contributed by atoms with Gasteiger partial charge < -0.3 is 10.7 Å². The number of hydrogen-bond donors (Lipinski definition) is 2. The Labute approximate surface area is 127 Å². The summed E-state index contributed by atoms with van der Waals surface area (Å²) in [5, 5.41) is 11.4. The molecular formula is C16H18BrN3. The SMILES string of the molecule is N=CC(N=C1CC12NC1CCC2C1)c1ccc(Br)cc1. The molecule has 0 amide bonds. The van der Waals surface area contributed by atoms with Crippen LogP contribution < -0.4 is 5.32 Å². The number of halogens is 1. The van der Waals surface area contributed by atoms with Crippen LogP contribution in [0.15, 0.2) is 33.7 Å². The van der Waals surface area contributed by atoms with Crippen molar-refractivity contribution in [3.8, 4) is 0 Å². The van der Waals surface area contributed by atoms with Gasteiger partial charge in [-0.1, -0.05) is 28.1 Å². The lowest BCUT2D eigenvalue weighted by molar-refractivity contribution is 0.388. The van der Waals surface area contributed by atoms with Gasteiger partial charge in [-0.05, 0) is 42.9 Å². The molecule has 0 radical (unpaired) electrons. The number of nitrogens with one attached hydrogen (secondary N) is 2. The van der Waals surface area contributed by atoms with Crippen molar-refractivity contribution in [1.29, 1.82) is 5.41 Å². The number of aliphatic imine (C=N–C) groups is 1. The fraction of sp³-hybridized carbons (Fsp3) is 0.500. The lowest BCUT2D eigenvalue weighted by Gasteiger charge is -2.21. The molecule has 1 spiro atoms. The fourth-order valence-corrected chi connectivity index (χ4v) is 4.24. The zero-order valence-electron chi connectivity index (χ0n) is 11.3. The monoisotopic (exact) mass is 331 g/mol. The third-order valence-electron chi connectivity index (χ3n) is 5.09. The first-order valence-corrected chi connectivity index (χ1v) is 8.11. The molecular weight excluding hydrogens is 314 g/mol. The first-order chi connectivity index (χ1) is 9.71. The highest BCUT2D eigenvalue weighted by Crippen LogP contribution is 2.53. The van der Waals surface area contributed by atoms with Crippen LogP contribution in [-0.2, 0) is 0 Å². The maximum absolute atomic E-state index is 7.67. The second-order valence-electron chi connectivity index (χ2n) is 6.24. The number of benzene rings is 1. The van der Waals surface area contributed by atoms with E-state index in [0.717, 1.165) is 28.4 Å². The van der Waals surface area contributed by atoms with Gasteiger partial charge in [-0.15, -0.1) is 0 Å². The smallest absolute Gasteiger partial charge is 0.109 e. The summed E-state index contributed by atoms with van der Waals surface area (Å²) >= 11 is 3.45. The zero-order valence-corrected chi connectivity index (χ0v) is 12.9. The maximum atomic E-state index is 7.67. The van der Waals surface area contributed by atoms with Gasteiger partial charge in [0.15, 0.2) is 0 Å². The van der Waals surface area contributed by atoms with Crippen LogP contribution in [0.2, 0.25) is 0 Å². The Balaban J connectivity index is 1.57. The highest BCUT2D eigenvalue weighted by atomic mass is 79.9. The Morgan fingerprint density at radius 1 is 1.35 bits per heavy atom. The van der Waals surface area contributed by atoms with Crippen LogP contribution in [-0.4, -0.2) is 23.5 Å². The number of piperidine rings is 1. The standard InChI is InChI=1S/C16H18BrN3/c17-12-4-1-10(2-5-12)14(9-18)19-15-8-16(15)11-3-6-13(7-11)20-16/h1-2,4-5,9,11,13-14,18,20H,3,6-8H2.